The summed E-state index contributed by atoms with van der Waals surface area (Å²) in [6.45, 7) is 5.14. The molecule has 0 fully saturated rings. The van der Waals surface area contributed by atoms with Gasteiger partial charge in [-0.2, -0.15) is 0 Å². The minimum absolute atomic E-state index is 0.000171. The molecule has 9 heteroatoms. The zero-order valence-corrected chi connectivity index (χ0v) is 20.8. The largest absolute Gasteiger partial charge is 0.483 e. The molecule has 0 N–H and O–H groups in total. The van der Waals surface area contributed by atoms with Gasteiger partial charge in [0.1, 0.15) is 17.4 Å². The molecule has 0 saturated heterocycles. The van der Waals surface area contributed by atoms with Gasteiger partial charge >= 0.3 is 0 Å². The van der Waals surface area contributed by atoms with Gasteiger partial charge in [-0.25, -0.2) is 4.39 Å². The van der Waals surface area contributed by atoms with Crippen molar-refractivity contribution in [3.63, 3.8) is 0 Å². The van der Waals surface area contributed by atoms with Crippen molar-refractivity contribution in [3.8, 4) is 16.3 Å². The van der Waals surface area contributed by atoms with E-state index < -0.39 is 0 Å². The lowest BCUT2D eigenvalue weighted by molar-refractivity contribution is 0.0639. The Morgan fingerprint density at radius 1 is 1.00 bits per heavy atom. The number of carbonyl (C=O) groups is 1. The number of halogens is 1. The maximum absolute atomic E-state index is 13.7. The molecule has 0 aliphatic carbocycles. The van der Waals surface area contributed by atoms with Crippen LogP contribution in [0, 0.1) is 5.82 Å². The molecule has 1 aliphatic rings. The van der Waals surface area contributed by atoms with Crippen LogP contribution in [0.1, 0.15) is 40.5 Å². The number of hydrogen-bond acceptors (Lipinski definition) is 6. The van der Waals surface area contributed by atoms with Gasteiger partial charge in [0.05, 0.1) is 5.56 Å². The summed E-state index contributed by atoms with van der Waals surface area (Å²) in [7, 11) is 0. The molecule has 0 bridgehead atoms. The second-order valence-electron chi connectivity index (χ2n) is 8.91. The zero-order valence-electron chi connectivity index (χ0n) is 20.0. The molecule has 2 aromatic heterocycles. The van der Waals surface area contributed by atoms with Crippen molar-refractivity contribution in [1.29, 1.82) is 0 Å². The third kappa shape index (κ3) is 4.79. The molecule has 1 aliphatic heterocycles. The summed E-state index contributed by atoms with van der Waals surface area (Å²) in [5.41, 5.74) is 2.00. The van der Waals surface area contributed by atoms with Crippen molar-refractivity contribution in [2.75, 3.05) is 6.54 Å². The van der Waals surface area contributed by atoms with Gasteiger partial charge in [0.2, 0.25) is 5.43 Å². The van der Waals surface area contributed by atoms with Crippen molar-refractivity contribution < 1.29 is 13.9 Å². The first-order chi connectivity index (χ1) is 17.4. The van der Waals surface area contributed by atoms with E-state index in [0.29, 0.717) is 35.1 Å². The number of hydrogen-bond donors (Lipinski definition) is 0. The van der Waals surface area contributed by atoms with Crippen LogP contribution in [-0.4, -0.2) is 38.2 Å². The molecule has 0 atom stereocenters. The second-order valence-corrected chi connectivity index (χ2v) is 9.98. The Morgan fingerprint density at radius 3 is 2.47 bits per heavy atom. The van der Waals surface area contributed by atoms with Crippen molar-refractivity contribution in [2.24, 2.45) is 0 Å². The SMILES string of the molecule is CC(C)N1CCn2cc(-c3nnc(Cc4ccc(F)cc4)s3)c(=O)c(OCc3ccccc3)c2C1=O. The Hall–Kier alpha value is -3.85. The highest BCUT2D eigenvalue weighted by molar-refractivity contribution is 7.14. The normalized spacial score (nSPS) is 13.2. The highest BCUT2D eigenvalue weighted by Crippen LogP contribution is 2.29. The third-order valence-corrected chi connectivity index (χ3v) is 7.06. The van der Waals surface area contributed by atoms with E-state index in [1.165, 1.54) is 23.5 Å². The van der Waals surface area contributed by atoms with E-state index >= 15 is 0 Å². The van der Waals surface area contributed by atoms with E-state index in [0.717, 1.165) is 11.1 Å². The van der Waals surface area contributed by atoms with Crippen molar-refractivity contribution in [2.45, 2.75) is 39.5 Å². The summed E-state index contributed by atoms with van der Waals surface area (Å²) in [4.78, 5) is 28.8. The van der Waals surface area contributed by atoms with Crippen LogP contribution in [0.5, 0.6) is 5.75 Å². The van der Waals surface area contributed by atoms with Gasteiger partial charge in [-0.15, -0.1) is 10.2 Å². The molecular weight excluding hydrogens is 479 g/mol. The van der Waals surface area contributed by atoms with Crippen LogP contribution >= 0.6 is 11.3 Å². The number of fused-ring (bicyclic) bond motifs is 1. The molecule has 0 radical (unpaired) electrons. The number of benzene rings is 2. The first-order valence-corrected chi connectivity index (χ1v) is 12.5. The second kappa shape index (κ2) is 10.0. The Bertz CT molecular complexity index is 1450. The summed E-state index contributed by atoms with van der Waals surface area (Å²) in [6.07, 6.45) is 2.16. The van der Waals surface area contributed by atoms with E-state index in [4.69, 9.17) is 4.74 Å². The van der Waals surface area contributed by atoms with Gasteiger partial charge in [0, 0.05) is 31.7 Å². The van der Waals surface area contributed by atoms with Gasteiger partial charge in [0.15, 0.2) is 16.5 Å². The lowest BCUT2D eigenvalue weighted by Gasteiger charge is -2.33. The fourth-order valence-corrected chi connectivity index (χ4v) is 5.09. The average Bonchev–Trinajstić information content (AvgIpc) is 3.33. The van der Waals surface area contributed by atoms with E-state index in [-0.39, 0.29) is 41.2 Å². The van der Waals surface area contributed by atoms with Crippen molar-refractivity contribution >= 4 is 17.2 Å². The number of pyridine rings is 1. The Labute approximate surface area is 211 Å². The molecule has 0 saturated carbocycles. The Kier molecular flexibility index (Phi) is 6.65. The minimum atomic E-state index is -0.388. The summed E-state index contributed by atoms with van der Waals surface area (Å²) in [5.74, 6) is -0.494. The van der Waals surface area contributed by atoms with Crippen LogP contribution in [0.2, 0.25) is 0 Å². The first-order valence-electron chi connectivity index (χ1n) is 11.7. The standard InChI is InChI=1S/C27H25FN4O3S/c1-17(2)32-13-12-31-15-21(26-30-29-22(36-26)14-18-8-10-20(28)11-9-18)24(33)25(23(31)27(32)34)35-16-19-6-4-3-5-7-19/h3-11,15,17H,12-14,16H2,1-2H3. The van der Waals surface area contributed by atoms with E-state index in [1.807, 2.05) is 44.2 Å². The fourth-order valence-electron chi connectivity index (χ4n) is 4.21. The van der Waals surface area contributed by atoms with Crippen LogP contribution in [-0.2, 0) is 19.6 Å². The van der Waals surface area contributed by atoms with E-state index in [2.05, 4.69) is 10.2 Å². The maximum Gasteiger partial charge on any atom is 0.274 e. The van der Waals surface area contributed by atoms with E-state index in [9.17, 15) is 14.0 Å². The number of aromatic nitrogens is 3. The number of amides is 1. The molecule has 0 spiro atoms. The first kappa shape index (κ1) is 23.9. The van der Waals surface area contributed by atoms with Crippen LogP contribution in [0.15, 0.2) is 65.6 Å². The lowest BCUT2D eigenvalue weighted by Crippen LogP contribution is -2.45. The van der Waals surface area contributed by atoms with Crippen molar-refractivity contribution in [3.05, 3.63) is 98.7 Å². The summed E-state index contributed by atoms with van der Waals surface area (Å²) >= 11 is 1.30. The van der Waals surface area contributed by atoms with Crippen LogP contribution in [0.3, 0.4) is 0 Å². The molecule has 3 heterocycles. The molecule has 0 unspecified atom stereocenters. The smallest absolute Gasteiger partial charge is 0.274 e. The Balaban J connectivity index is 1.53. The van der Waals surface area contributed by atoms with Gasteiger partial charge in [-0.05, 0) is 37.1 Å². The number of rotatable bonds is 7. The molecule has 5 rings (SSSR count). The van der Waals surface area contributed by atoms with E-state index in [1.54, 1.807) is 27.8 Å². The summed E-state index contributed by atoms with van der Waals surface area (Å²) in [6, 6.07) is 15.7. The quantitative estimate of drug-likeness (QED) is 0.369. The zero-order chi connectivity index (χ0) is 25.2. The molecule has 7 nitrogen and oxygen atoms in total. The Morgan fingerprint density at radius 2 is 1.75 bits per heavy atom. The van der Waals surface area contributed by atoms with Gasteiger partial charge in [-0.1, -0.05) is 53.8 Å². The third-order valence-electron chi connectivity index (χ3n) is 6.10. The summed E-state index contributed by atoms with van der Waals surface area (Å²) < 4.78 is 21.1. The molecule has 2 aromatic carbocycles. The van der Waals surface area contributed by atoms with Crippen LogP contribution in [0.4, 0.5) is 4.39 Å². The molecule has 4 aromatic rings. The fraction of sp³-hybridized carbons (Fsp3) is 0.259. The topological polar surface area (TPSA) is 77.3 Å². The van der Waals surface area contributed by atoms with Gasteiger partial charge < -0.3 is 14.2 Å². The monoisotopic (exact) mass is 504 g/mol. The van der Waals surface area contributed by atoms with Crippen molar-refractivity contribution in [1.82, 2.24) is 19.7 Å². The highest BCUT2D eigenvalue weighted by atomic mass is 32.1. The highest BCUT2D eigenvalue weighted by Gasteiger charge is 2.32. The molecule has 1 amide bonds. The number of ether oxygens (including phenoxy) is 1. The average molecular weight is 505 g/mol. The maximum atomic E-state index is 13.7. The molecule has 184 valence electrons. The van der Waals surface area contributed by atoms with Gasteiger partial charge in [-0.3, -0.25) is 9.59 Å². The molecular formula is C27H25FN4O3S. The summed E-state index contributed by atoms with van der Waals surface area (Å²) in [5, 5.41) is 9.67. The molecule has 36 heavy (non-hydrogen) atoms. The minimum Gasteiger partial charge on any atom is -0.483 e. The lowest BCUT2D eigenvalue weighted by atomic mass is 10.1. The number of nitrogens with zero attached hydrogens (tertiary/aromatic N) is 4. The van der Waals surface area contributed by atoms with Crippen LogP contribution in [0.25, 0.3) is 10.6 Å². The van der Waals surface area contributed by atoms with Crippen LogP contribution < -0.4 is 10.2 Å². The predicted molar refractivity (Wildman–Crippen MR) is 136 cm³/mol. The number of carbonyl (C=O) groups excluding carboxylic acids is 1. The van der Waals surface area contributed by atoms with Gasteiger partial charge in [0.25, 0.3) is 5.91 Å². The predicted octanol–water partition coefficient (Wildman–Crippen LogP) is 4.54.